The summed E-state index contributed by atoms with van der Waals surface area (Å²) >= 11 is 0. The number of carbonyl (C=O) groups excluding carboxylic acids is 1. The highest BCUT2D eigenvalue weighted by Crippen LogP contribution is 2.10. The van der Waals surface area contributed by atoms with E-state index in [2.05, 4.69) is 10.3 Å². The number of amides is 1. The van der Waals surface area contributed by atoms with Crippen molar-refractivity contribution >= 4 is 5.91 Å². The molecule has 1 aliphatic heterocycles. The van der Waals surface area contributed by atoms with Crippen LogP contribution < -0.4 is 5.32 Å². The second-order valence-electron chi connectivity index (χ2n) is 4.31. The lowest BCUT2D eigenvalue weighted by molar-refractivity contribution is -0.102. The predicted octanol–water partition coefficient (Wildman–Crippen LogP) is -0.760. The van der Waals surface area contributed by atoms with E-state index in [1.54, 1.807) is 25.3 Å². The van der Waals surface area contributed by atoms with Gasteiger partial charge < -0.3 is 20.3 Å². The SMILES string of the molecule is Cc1ncccc1C(=O)N[C@@H]1COC[C@@H](O)[C@H]1O. The van der Waals surface area contributed by atoms with E-state index >= 15 is 0 Å². The van der Waals surface area contributed by atoms with Crippen LogP contribution in [-0.2, 0) is 4.74 Å². The molecule has 0 unspecified atom stereocenters. The molecular formula is C12H16N2O4. The van der Waals surface area contributed by atoms with E-state index < -0.39 is 18.2 Å². The van der Waals surface area contributed by atoms with Gasteiger partial charge in [-0.05, 0) is 19.1 Å². The fourth-order valence-electron chi connectivity index (χ4n) is 1.88. The zero-order valence-electron chi connectivity index (χ0n) is 10.0. The zero-order chi connectivity index (χ0) is 13.1. The van der Waals surface area contributed by atoms with Gasteiger partial charge in [-0.15, -0.1) is 0 Å². The average Bonchev–Trinajstić information content (AvgIpc) is 2.35. The van der Waals surface area contributed by atoms with Gasteiger partial charge >= 0.3 is 0 Å². The Hall–Kier alpha value is -1.50. The summed E-state index contributed by atoms with van der Waals surface area (Å²) in [6.07, 6.45) is -0.382. The van der Waals surface area contributed by atoms with Crippen LogP contribution in [0.15, 0.2) is 18.3 Å². The van der Waals surface area contributed by atoms with Crippen LogP contribution in [0.25, 0.3) is 0 Å². The van der Waals surface area contributed by atoms with E-state index in [9.17, 15) is 15.0 Å². The molecule has 0 aliphatic carbocycles. The lowest BCUT2D eigenvalue weighted by Gasteiger charge is -2.32. The van der Waals surface area contributed by atoms with Crippen molar-refractivity contribution < 1.29 is 19.7 Å². The monoisotopic (exact) mass is 252 g/mol. The molecule has 6 nitrogen and oxygen atoms in total. The van der Waals surface area contributed by atoms with Crippen molar-refractivity contribution in [2.24, 2.45) is 0 Å². The maximum Gasteiger partial charge on any atom is 0.253 e. The summed E-state index contributed by atoms with van der Waals surface area (Å²) in [6, 6.07) is 2.72. The first kappa shape index (κ1) is 12.9. The van der Waals surface area contributed by atoms with Crippen LogP contribution >= 0.6 is 0 Å². The molecule has 0 spiro atoms. The number of ether oxygens (including phenoxy) is 1. The van der Waals surface area contributed by atoms with Gasteiger partial charge in [-0.3, -0.25) is 9.78 Å². The third-order valence-corrected chi connectivity index (χ3v) is 2.96. The van der Waals surface area contributed by atoms with Crippen molar-refractivity contribution in [3.63, 3.8) is 0 Å². The fourth-order valence-corrected chi connectivity index (χ4v) is 1.88. The number of pyridine rings is 1. The Labute approximate surface area is 105 Å². The highest BCUT2D eigenvalue weighted by Gasteiger charge is 2.32. The highest BCUT2D eigenvalue weighted by molar-refractivity contribution is 5.95. The van der Waals surface area contributed by atoms with Gasteiger partial charge in [0.25, 0.3) is 5.91 Å². The van der Waals surface area contributed by atoms with E-state index in [1.165, 1.54) is 0 Å². The molecule has 1 aliphatic rings. The normalized spacial score (nSPS) is 27.8. The van der Waals surface area contributed by atoms with E-state index in [1.807, 2.05) is 0 Å². The molecule has 1 aromatic heterocycles. The van der Waals surface area contributed by atoms with Crippen LogP contribution in [0, 0.1) is 6.92 Å². The van der Waals surface area contributed by atoms with Crippen molar-refractivity contribution in [2.45, 2.75) is 25.2 Å². The molecule has 1 amide bonds. The summed E-state index contributed by atoms with van der Waals surface area (Å²) in [5.41, 5.74) is 1.06. The molecule has 2 rings (SSSR count). The summed E-state index contributed by atoms with van der Waals surface area (Å²) in [7, 11) is 0. The van der Waals surface area contributed by atoms with E-state index in [0.29, 0.717) is 11.3 Å². The smallest absolute Gasteiger partial charge is 0.253 e. The summed E-state index contributed by atoms with van der Waals surface area (Å²) < 4.78 is 5.09. The lowest BCUT2D eigenvalue weighted by atomic mass is 10.0. The molecule has 6 heteroatoms. The minimum absolute atomic E-state index is 0.0828. The van der Waals surface area contributed by atoms with Gasteiger partial charge in [-0.2, -0.15) is 0 Å². The van der Waals surface area contributed by atoms with Gasteiger partial charge in [0.1, 0.15) is 12.2 Å². The number of rotatable bonds is 2. The lowest BCUT2D eigenvalue weighted by Crippen LogP contribution is -2.55. The fraction of sp³-hybridized carbons (Fsp3) is 0.500. The molecule has 18 heavy (non-hydrogen) atoms. The zero-order valence-corrected chi connectivity index (χ0v) is 10.0. The van der Waals surface area contributed by atoms with Gasteiger partial charge in [0.05, 0.1) is 24.8 Å². The Bertz CT molecular complexity index is 438. The largest absolute Gasteiger partial charge is 0.388 e. The molecule has 98 valence electrons. The first-order valence-electron chi connectivity index (χ1n) is 5.76. The molecule has 3 atom stereocenters. The number of aromatic nitrogens is 1. The quantitative estimate of drug-likeness (QED) is 0.643. The van der Waals surface area contributed by atoms with Crippen LogP contribution in [0.5, 0.6) is 0 Å². The van der Waals surface area contributed by atoms with Crippen molar-refractivity contribution in [1.29, 1.82) is 0 Å². The summed E-state index contributed by atoms with van der Waals surface area (Å²) in [4.78, 5) is 16.0. The number of carbonyl (C=O) groups is 1. The predicted molar refractivity (Wildman–Crippen MR) is 63.1 cm³/mol. The molecule has 0 bridgehead atoms. The average molecular weight is 252 g/mol. The molecule has 0 radical (unpaired) electrons. The maximum absolute atomic E-state index is 12.0. The highest BCUT2D eigenvalue weighted by atomic mass is 16.5. The molecule has 1 aromatic rings. The Morgan fingerprint density at radius 3 is 3.00 bits per heavy atom. The molecular weight excluding hydrogens is 236 g/mol. The maximum atomic E-state index is 12.0. The van der Waals surface area contributed by atoms with Gasteiger partial charge in [0, 0.05) is 11.9 Å². The topological polar surface area (TPSA) is 91.7 Å². The number of hydrogen-bond donors (Lipinski definition) is 3. The summed E-state index contributed by atoms with van der Waals surface area (Å²) in [6.45, 7) is 2.00. The summed E-state index contributed by atoms with van der Waals surface area (Å²) in [5, 5.41) is 21.8. The second kappa shape index (κ2) is 5.43. The molecule has 1 saturated heterocycles. The van der Waals surface area contributed by atoms with Gasteiger partial charge in [0.2, 0.25) is 0 Å². The number of aryl methyl sites for hydroxylation is 1. The van der Waals surface area contributed by atoms with Crippen LogP contribution in [0.2, 0.25) is 0 Å². The van der Waals surface area contributed by atoms with Gasteiger partial charge in [-0.25, -0.2) is 0 Å². The molecule has 2 heterocycles. The van der Waals surface area contributed by atoms with Crippen LogP contribution in [0.1, 0.15) is 16.1 Å². The van der Waals surface area contributed by atoms with Crippen LogP contribution in [0.3, 0.4) is 0 Å². The molecule has 0 aromatic carbocycles. The second-order valence-corrected chi connectivity index (χ2v) is 4.31. The number of nitrogens with zero attached hydrogens (tertiary/aromatic N) is 1. The van der Waals surface area contributed by atoms with E-state index in [0.717, 1.165) is 0 Å². The van der Waals surface area contributed by atoms with E-state index in [4.69, 9.17) is 4.74 Å². The number of aliphatic hydroxyl groups is 2. The van der Waals surface area contributed by atoms with Crippen molar-refractivity contribution in [1.82, 2.24) is 10.3 Å². The van der Waals surface area contributed by atoms with Gasteiger partial charge in [-0.1, -0.05) is 0 Å². The third kappa shape index (κ3) is 2.66. The minimum atomic E-state index is -1.01. The molecule has 0 saturated carbocycles. The minimum Gasteiger partial charge on any atom is -0.388 e. The number of aliphatic hydroxyl groups excluding tert-OH is 2. The first-order chi connectivity index (χ1) is 8.59. The molecule has 3 N–H and O–H groups in total. The van der Waals surface area contributed by atoms with Crippen LogP contribution in [-0.4, -0.2) is 52.6 Å². The number of nitrogens with one attached hydrogen (secondary N) is 1. The molecule has 1 fully saturated rings. The Morgan fingerprint density at radius 1 is 1.50 bits per heavy atom. The number of hydrogen-bond acceptors (Lipinski definition) is 5. The van der Waals surface area contributed by atoms with Gasteiger partial charge in [0.15, 0.2) is 0 Å². The van der Waals surface area contributed by atoms with Crippen LogP contribution in [0.4, 0.5) is 0 Å². The van der Waals surface area contributed by atoms with Crippen molar-refractivity contribution in [3.8, 4) is 0 Å². The Morgan fingerprint density at radius 2 is 2.28 bits per heavy atom. The Kier molecular flexibility index (Phi) is 3.90. The standard InChI is InChI=1S/C12H16N2O4/c1-7-8(3-2-4-13-7)12(17)14-9-5-18-6-10(15)11(9)16/h2-4,9-11,15-16H,5-6H2,1H3,(H,14,17)/t9-,10-,11+/m1/s1. The first-order valence-corrected chi connectivity index (χ1v) is 5.76. The van der Waals surface area contributed by atoms with Crippen molar-refractivity contribution in [3.05, 3.63) is 29.6 Å². The Balaban J connectivity index is 2.05. The van der Waals surface area contributed by atoms with E-state index in [-0.39, 0.29) is 19.1 Å². The van der Waals surface area contributed by atoms with Crippen molar-refractivity contribution in [2.75, 3.05) is 13.2 Å². The summed E-state index contributed by atoms with van der Waals surface area (Å²) in [5.74, 6) is -0.331. The third-order valence-electron chi connectivity index (χ3n) is 2.96.